The van der Waals surface area contributed by atoms with E-state index in [1.807, 2.05) is 36.9 Å². The molecule has 29 heavy (non-hydrogen) atoms. The monoisotopic (exact) mass is 399 g/mol. The summed E-state index contributed by atoms with van der Waals surface area (Å²) >= 11 is 0. The minimum absolute atomic E-state index is 0.0534. The maximum atomic E-state index is 13.2. The van der Waals surface area contributed by atoms with Crippen molar-refractivity contribution in [3.63, 3.8) is 0 Å². The fourth-order valence-electron chi connectivity index (χ4n) is 4.73. The molecular formula is C24H37N3O2. The molecule has 0 unspecified atom stereocenters. The van der Waals surface area contributed by atoms with Crippen molar-refractivity contribution in [1.29, 1.82) is 0 Å². The van der Waals surface area contributed by atoms with E-state index in [0.29, 0.717) is 31.0 Å². The second-order valence-electron chi connectivity index (χ2n) is 8.49. The highest BCUT2D eigenvalue weighted by atomic mass is 16.2. The van der Waals surface area contributed by atoms with Gasteiger partial charge in [0.1, 0.15) is 0 Å². The topological polar surface area (TPSA) is 52.7 Å². The SMILES string of the molecule is CCN(CC)C(=O)c1cc(NC(=O)CCC2CCCC2)ccc1N1CCCCC1. The predicted molar refractivity (Wildman–Crippen MR) is 120 cm³/mol. The third-order valence-corrected chi connectivity index (χ3v) is 6.51. The first kappa shape index (κ1) is 21.7. The Balaban J connectivity index is 1.74. The van der Waals surface area contributed by atoms with Crippen molar-refractivity contribution in [2.24, 2.45) is 5.92 Å². The van der Waals surface area contributed by atoms with E-state index < -0.39 is 0 Å². The summed E-state index contributed by atoms with van der Waals surface area (Å²) < 4.78 is 0. The van der Waals surface area contributed by atoms with Crippen molar-refractivity contribution < 1.29 is 9.59 Å². The number of hydrogen-bond acceptors (Lipinski definition) is 3. The van der Waals surface area contributed by atoms with Crippen molar-refractivity contribution >= 4 is 23.2 Å². The molecule has 1 saturated carbocycles. The van der Waals surface area contributed by atoms with Crippen LogP contribution in [-0.2, 0) is 4.79 Å². The lowest BCUT2D eigenvalue weighted by Gasteiger charge is -2.31. The average Bonchev–Trinajstić information content (AvgIpc) is 3.27. The summed E-state index contributed by atoms with van der Waals surface area (Å²) in [6.07, 6.45) is 10.3. The fourth-order valence-corrected chi connectivity index (χ4v) is 4.73. The van der Waals surface area contributed by atoms with E-state index in [-0.39, 0.29) is 11.8 Å². The number of piperidine rings is 1. The van der Waals surface area contributed by atoms with Crippen LogP contribution in [0.3, 0.4) is 0 Å². The van der Waals surface area contributed by atoms with Crippen molar-refractivity contribution in [3.8, 4) is 0 Å². The molecule has 0 atom stereocenters. The molecule has 2 amide bonds. The Morgan fingerprint density at radius 1 is 1.03 bits per heavy atom. The summed E-state index contributed by atoms with van der Waals surface area (Å²) in [5.41, 5.74) is 2.45. The minimum Gasteiger partial charge on any atom is -0.371 e. The number of carbonyl (C=O) groups is 2. The first-order valence-corrected chi connectivity index (χ1v) is 11.6. The normalized spacial score (nSPS) is 17.4. The van der Waals surface area contributed by atoms with Crippen LogP contribution in [0.4, 0.5) is 11.4 Å². The summed E-state index contributed by atoms with van der Waals surface area (Å²) in [5, 5.41) is 3.04. The average molecular weight is 400 g/mol. The molecule has 1 N–H and O–H groups in total. The van der Waals surface area contributed by atoms with Crippen LogP contribution in [0.2, 0.25) is 0 Å². The van der Waals surface area contributed by atoms with Gasteiger partial charge in [0.05, 0.1) is 5.56 Å². The zero-order valence-electron chi connectivity index (χ0n) is 18.2. The Labute approximate surface area is 175 Å². The standard InChI is InChI=1S/C24H37N3O2/c1-3-26(4-2)24(29)21-18-20(13-14-22(21)27-16-8-5-9-17-27)25-23(28)15-12-19-10-6-7-11-19/h13-14,18-19H,3-12,15-17H2,1-2H3,(H,25,28). The molecule has 1 heterocycles. The third-order valence-electron chi connectivity index (χ3n) is 6.51. The molecule has 1 aliphatic heterocycles. The molecule has 1 aromatic rings. The first-order valence-electron chi connectivity index (χ1n) is 11.6. The number of rotatable bonds is 8. The molecule has 0 bridgehead atoms. The van der Waals surface area contributed by atoms with E-state index in [1.54, 1.807) is 0 Å². The largest absolute Gasteiger partial charge is 0.371 e. The number of hydrogen-bond donors (Lipinski definition) is 1. The van der Waals surface area contributed by atoms with Gasteiger partial charge in [-0.05, 0) is 63.6 Å². The van der Waals surface area contributed by atoms with Gasteiger partial charge in [-0.25, -0.2) is 0 Å². The summed E-state index contributed by atoms with van der Waals surface area (Å²) in [6, 6.07) is 5.86. The number of nitrogens with one attached hydrogen (secondary N) is 1. The van der Waals surface area contributed by atoms with Crippen molar-refractivity contribution in [2.45, 2.75) is 71.6 Å². The molecule has 3 rings (SSSR count). The second-order valence-corrected chi connectivity index (χ2v) is 8.49. The molecular weight excluding hydrogens is 362 g/mol. The van der Waals surface area contributed by atoms with Crippen LogP contribution in [0.25, 0.3) is 0 Å². The van der Waals surface area contributed by atoms with E-state index in [9.17, 15) is 9.59 Å². The van der Waals surface area contributed by atoms with Crippen molar-refractivity contribution in [2.75, 3.05) is 36.4 Å². The summed E-state index contributed by atoms with van der Waals surface area (Å²) in [6.45, 7) is 7.38. The molecule has 0 radical (unpaired) electrons. The maximum absolute atomic E-state index is 13.2. The van der Waals surface area contributed by atoms with Gasteiger partial charge in [-0.15, -0.1) is 0 Å². The Hall–Kier alpha value is -2.04. The van der Waals surface area contributed by atoms with E-state index in [4.69, 9.17) is 0 Å². The van der Waals surface area contributed by atoms with Crippen LogP contribution in [0.15, 0.2) is 18.2 Å². The lowest BCUT2D eigenvalue weighted by atomic mass is 10.0. The highest BCUT2D eigenvalue weighted by Crippen LogP contribution is 2.30. The molecule has 1 aromatic carbocycles. The Kier molecular flexibility index (Phi) is 7.96. The second kappa shape index (κ2) is 10.7. The molecule has 0 aromatic heterocycles. The van der Waals surface area contributed by atoms with Gasteiger partial charge in [0.2, 0.25) is 5.91 Å². The summed E-state index contributed by atoms with van der Waals surface area (Å²) in [7, 11) is 0. The minimum atomic E-state index is 0.0534. The van der Waals surface area contributed by atoms with E-state index in [0.717, 1.165) is 30.9 Å². The molecule has 2 aliphatic rings. The van der Waals surface area contributed by atoms with Crippen LogP contribution in [0.5, 0.6) is 0 Å². The van der Waals surface area contributed by atoms with Gasteiger partial charge < -0.3 is 15.1 Å². The zero-order chi connectivity index (χ0) is 20.6. The predicted octanol–water partition coefficient (Wildman–Crippen LogP) is 5.07. The van der Waals surface area contributed by atoms with Gasteiger partial charge >= 0.3 is 0 Å². The molecule has 1 aliphatic carbocycles. The first-order chi connectivity index (χ1) is 14.1. The fraction of sp³-hybridized carbons (Fsp3) is 0.667. The van der Waals surface area contributed by atoms with Gasteiger partial charge in [-0.1, -0.05) is 25.7 Å². The number of benzene rings is 1. The molecule has 1 saturated heterocycles. The van der Waals surface area contributed by atoms with Gasteiger partial charge in [0.25, 0.3) is 5.91 Å². The van der Waals surface area contributed by atoms with Crippen LogP contribution < -0.4 is 10.2 Å². The van der Waals surface area contributed by atoms with E-state index in [1.165, 1.54) is 44.9 Å². The van der Waals surface area contributed by atoms with Crippen molar-refractivity contribution in [1.82, 2.24) is 4.90 Å². The third kappa shape index (κ3) is 5.74. The Bertz CT molecular complexity index is 687. The Morgan fingerprint density at radius 2 is 1.72 bits per heavy atom. The lowest BCUT2D eigenvalue weighted by molar-refractivity contribution is -0.116. The molecule has 160 valence electrons. The summed E-state index contributed by atoms with van der Waals surface area (Å²) in [5.74, 6) is 0.823. The van der Waals surface area contributed by atoms with Crippen LogP contribution in [-0.4, -0.2) is 42.9 Å². The zero-order valence-corrected chi connectivity index (χ0v) is 18.2. The molecule has 2 fully saturated rings. The van der Waals surface area contributed by atoms with Crippen molar-refractivity contribution in [3.05, 3.63) is 23.8 Å². The quantitative estimate of drug-likeness (QED) is 0.664. The highest BCUT2D eigenvalue weighted by Gasteiger charge is 2.22. The summed E-state index contributed by atoms with van der Waals surface area (Å²) in [4.78, 5) is 29.8. The van der Waals surface area contributed by atoms with E-state index >= 15 is 0 Å². The molecule has 5 nitrogen and oxygen atoms in total. The van der Waals surface area contributed by atoms with Gasteiger partial charge in [-0.2, -0.15) is 0 Å². The molecule has 5 heteroatoms. The van der Waals surface area contributed by atoms with Crippen LogP contribution >= 0.6 is 0 Å². The van der Waals surface area contributed by atoms with Gasteiger partial charge in [0.15, 0.2) is 0 Å². The van der Waals surface area contributed by atoms with Crippen LogP contribution in [0, 0.1) is 5.92 Å². The van der Waals surface area contributed by atoms with Gasteiger partial charge in [-0.3, -0.25) is 9.59 Å². The maximum Gasteiger partial charge on any atom is 0.256 e. The highest BCUT2D eigenvalue weighted by molar-refractivity contribution is 6.02. The van der Waals surface area contributed by atoms with Crippen LogP contribution in [0.1, 0.15) is 82.0 Å². The lowest BCUT2D eigenvalue weighted by Crippen LogP contribution is -2.35. The number of nitrogens with zero attached hydrogens (tertiary/aromatic N) is 2. The number of carbonyl (C=O) groups excluding carboxylic acids is 2. The van der Waals surface area contributed by atoms with E-state index in [2.05, 4.69) is 10.2 Å². The Morgan fingerprint density at radius 3 is 2.38 bits per heavy atom. The van der Waals surface area contributed by atoms with Gasteiger partial charge in [0, 0.05) is 44.0 Å². The molecule has 0 spiro atoms. The number of amides is 2. The smallest absolute Gasteiger partial charge is 0.256 e. The number of anilines is 2.